The molecular formula is C13H26N2O. The zero-order valence-electron chi connectivity index (χ0n) is 11.1. The van der Waals surface area contributed by atoms with Crippen molar-refractivity contribution in [2.45, 2.75) is 51.8 Å². The van der Waals surface area contributed by atoms with Crippen LogP contribution in [0.2, 0.25) is 0 Å². The summed E-state index contributed by atoms with van der Waals surface area (Å²) in [6.45, 7) is 10.0. The van der Waals surface area contributed by atoms with Gasteiger partial charge in [0.25, 0.3) is 0 Å². The fourth-order valence-corrected chi connectivity index (χ4v) is 3.11. The van der Waals surface area contributed by atoms with E-state index in [-0.39, 0.29) is 11.5 Å². The van der Waals surface area contributed by atoms with Crippen molar-refractivity contribution in [1.29, 1.82) is 0 Å². The van der Waals surface area contributed by atoms with E-state index in [1.54, 1.807) is 0 Å². The summed E-state index contributed by atoms with van der Waals surface area (Å²) in [5.74, 6) is 0. The maximum absolute atomic E-state index is 10.4. The smallest absolute Gasteiger partial charge is 0.0746 e. The van der Waals surface area contributed by atoms with E-state index >= 15 is 0 Å². The molecule has 3 nitrogen and oxygen atoms in total. The zero-order valence-corrected chi connectivity index (χ0v) is 11.1. The largest absolute Gasteiger partial charge is 0.391 e. The first-order valence-electron chi connectivity index (χ1n) is 6.54. The Balaban J connectivity index is 1.99. The van der Waals surface area contributed by atoms with Crippen LogP contribution in [0, 0.1) is 5.41 Å². The topological polar surface area (TPSA) is 26.7 Å². The molecule has 1 aliphatic carbocycles. The van der Waals surface area contributed by atoms with Crippen molar-refractivity contribution < 1.29 is 5.11 Å². The Kier molecular flexibility index (Phi) is 3.30. The van der Waals surface area contributed by atoms with Crippen LogP contribution < -0.4 is 0 Å². The number of piperazine rings is 1. The number of aliphatic hydroxyl groups excluding tert-OH is 1. The Morgan fingerprint density at radius 1 is 1.25 bits per heavy atom. The molecule has 2 aliphatic rings. The lowest BCUT2D eigenvalue weighted by molar-refractivity contribution is -0.0112. The maximum atomic E-state index is 10.4. The monoisotopic (exact) mass is 226 g/mol. The molecule has 2 fully saturated rings. The molecule has 3 heteroatoms. The van der Waals surface area contributed by atoms with E-state index in [9.17, 15) is 5.11 Å². The highest BCUT2D eigenvalue weighted by Gasteiger charge is 2.44. The standard InChI is InChI=1S/C13H26N2O/c1-10-9-15(8-7-14(10)4)11-5-6-13(2,3)12(11)16/h10-12,16H,5-9H2,1-4H3. The third kappa shape index (κ3) is 2.13. The van der Waals surface area contributed by atoms with Crippen LogP contribution in [-0.2, 0) is 0 Å². The molecule has 16 heavy (non-hydrogen) atoms. The third-order valence-electron chi connectivity index (χ3n) is 4.71. The Labute approximate surface area is 99.4 Å². The van der Waals surface area contributed by atoms with E-state index in [0.29, 0.717) is 12.1 Å². The Bertz CT molecular complexity index is 254. The molecule has 2 rings (SSSR count). The van der Waals surface area contributed by atoms with Gasteiger partial charge in [-0.1, -0.05) is 13.8 Å². The lowest BCUT2D eigenvalue weighted by Gasteiger charge is -2.42. The van der Waals surface area contributed by atoms with E-state index in [1.165, 1.54) is 0 Å². The van der Waals surface area contributed by atoms with E-state index in [1.807, 2.05) is 0 Å². The summed E-state index contributed by atoms with van der Waals surface area (Å²) in [6.07, 6.45) is 2.16. The van der Waals surface area contributed by atoms with E-state index < -0.39 is 0 Å². The second-order valence-electron chi connectivity index (χ2n) is 6.36. The number of aliphatic hydroxyl groups is 1. The van der Waals surface area contributed by atoms with Crippen molar-refractivity contribution in [3.05, 3.63) is 0 Å². The summed E-state index contributed by atoms with van der Waals surface area (Å²) in [6, 6.07) is 1.01. The van der Waals surface area contributed by atoms with Gasteiger partial charge < -0.3 is 10.0 Å². The van der Waals surface area contributed by atoms with Gasteiger partial charge in [-0.25, -0.2) is 0 Å². The van der Waals surface area contributed by atoms with E-state index in [2.05, 4.69) is 37.6 Å². The van der Waals surface area contributed by atoms with Crippen LogP contribution in [0.4, 0.5) is 0 Å². The minimum Gasteiger partial charge on any atom is -0.391 e. The summed E-state index contributed by atoms with van der Waals surface area (Å²) in [7, 11) is 2.19. The number of likely N-dealkylation sites (N-methyl/N-ethyl adjacent to an activating group) is 1. The summed E-state index contributed by atoms with van der Waals surface area (Å²) >= 11 is 0. The predicted octanol–water partition coefficient (Wildman–Crippen LogP) is 1.17. The minimum atomic E-state index is -0.150. The quantitative estimate of drug-likeness (QED) is 0.727. The fourth-order valence-electron chi connectivity index (χ4n) is 3.11. The molecular weight excluding hydrogens is 200 g/mol. The summed E-state index contributed by atoms with van der Waals surface area (Å²) in [5, 5.41) is 10.4. The lowest BCUT2D eigenvalue weighted by Crippen LogP contribution is -2.55. The van der Waals surface area contributed by atoms with E-state index in [4.69, 9.17) is 0 Å². The molecule has 0 amide bonds. The van der Waals surface area contributed by atoms with Gasteiger partial charge in [-0.15, -0.1) is 0 Å². The van der Waals surface area contributed by atoms with Gasteiger partial charge in [-0.3, -0.25) is 4.90 Å². The van der Waals surface area contributed by atoms with Crippen LogP contribution in [0.25, 0.3) is 0 Å². The van der Waals surface area contributed by atoms with Crippen molar-refractivity contribution in [3.63, 3.8) is 0 Å². The molecule has 1 N–H and O–H groups in total. The van der Waals surface area contributed by atoms with Crippen LogP contribution in [0.3, 0.4) is 0 Å². The first-order chi connectivity index (χ1) is 7.42. The highest BCUT2D eigenvalue weighted by Crippen LogP contribution is 2.40. The van der Waals surface area contributed by atoms with Gasteiger partial charge in [-0.2, -0.15) is 0 Å². The van der Waals surface area contributed by atoms with Crippen LogP contribution in [0.5, 0.6) is 0 Å². The van der Waals surface area contributed by atoms with Gasteiger partial charge in [0.05, 0.1) is 6.10 Å². The predicted molar refractivity (Wildman–Crippen MR) is 66.5 cm³/mol. The van der Waals surface area contributed by atoms with Gasteiger partial charge in [-0.05, 0) is 32.2 Å². The van der Waals surface area contributed by atoms with Crippen molar-refractivity contribution in [2.75, 3.05) is 26.7 Å². The van der Waals surface area contributed by atoms with Crippen LogP contribution in [-0.4, -0.2) is 59.8 Å². The number of rotatable bonds is 1. The van der Waals surface area contributed by atoms with Gasteiger partial charge in [0.2, 0.25) is 0 Å². The SMILES string of the molecule is CC1CN(C2CCC(C)(C)C2O)CCN1C. The van der Waals surface area contributed by atoms with Crippen molar-refractivity contribution >= 4 is 0 Å². The molecule has 1 heterocycles. The summed E-state index contributed by atoms with van der Waals surface area (Å²) in [5.41, 5.74) is 0.108. The van der Waals surface area contributed by atoms with Crippen molar-refractivity contribution in [3.8, 4) is 0 Å². The molecule has 0 bridgehead atoms. The van der Waals surface area contributed by atoms with E-state index in [0.717, 1.165) is 32.5 Å². The molecule has 0 spiro atoms. The molecule has 94 valence electrons. The molecule has 0 aromatic rings. The van der Waals surface area contributed by atoms with Crippen molar-refractivity contribution in [1.82, 2.24) is 9.80 Å². The van der Waals surface area contributed by atoms with Crippen LogP contribution >= 0.6 is 0 Å². The average Bonchev–Trinajstić information content (AvgIpc) is 2.48. The third-order valence-corrected chi connectivity index (χ3v) is 4.71. The van der Waals surface area contributed by atoms with Gasteiger partial charge in [0, 0.05) is 31.7 Å². The lowest BCUT2D eigenvalue weighted by atomic mass is 9.88. The van der Waals surface area contributed by atoms with Crippen LogP contribution in [0.15, 0.2) is 0 Å². The first kappa shape index (κ1) is 12.3. The van der Waals surface area contributed by atoms with Crippen LogP contribution in [0.1, 0.15) is 33.6 Å². The second-order valence-corrected chi connectivity index (χ2v) is 6.36. The fraction of sp³-hybridized carbons (Fsp3) is 1.00. The average molecular weight is 226 g/mol. The first-order valence-corrected chi connectivity index (χ1v) is 6.54. The highest BCUT2D eigenvalue weighted by atomic mass is 16.3. The number of hydrogen-bond donors (Lipinski definition) is 1. The molecule has 1 saturated carbocycles. The highest BCUT2D eigenvalue weighted by molar-refractivity contribution is 4.98. The molecule has 0 radical (unpaired) electrons. The van der Waals surface area contributed by atoms with Gasteiger partial charge in [0.15, 0.2) is 0 Å². The Morgan fingerprint density at radius 2 is 1.94 bits per heavy atom. The van der Waals surface area contributed by atoms with Gasteiger partial charge >= 0.3 is 0 Å². The number of hydrogen-bond acceptors (Lipinski definition) is 3. The maximum Gasteiger partial charge on any atom is 0.0746 e. The number of nitrogens with zero attached hydrogens (tertiary/aromatic N) is 2. The van der Waals surface area contributed by atoms with Crippen molar-refractivity contribution in [2.24, 2.45) is 5.41 Å². The Hall–Kier alpha value is -0.120. The molecule has 0 aromatic heterocycles. The summed E-state index contributed by atoms with van der Waals surface area (Å²) in [4.78, 5) is 4.91. The molecule has 1 saturated heterocycles. The van der Waals surface area contributed by atoms with Gasteiger partial charge in [0.1, 0.15) is 0 Å². The second kappa shape index (κ2) is 4.28. The Morgan fingerprint density at radius 3 is 2.44 bits per heavy atom. The molecule has 1 aliphatic heterocycles. The molecule has 3 unspecified atom stereocenters. The summed E-state index contributed by atoms with van der Waals surface area (Å²) < 4.78 is 0. The normalized spacial score (nSPS) is 41.4. The molecule has 3 atom stereocenters. The molecule has 0 aromatic carbocycles. The minimum absolute atomic E-state index is 0.108. The zero-order chi connectivity index (χ0) is 11.9.